The molecule has 2 aliphatic heterocycles. The highest BCUT2D eigenvalue weighted by atomic mass is 32.2. The molecule has 3 rings (SSSR count). The van der Waals surface area contributed by atoms with Gasteiger partial charge in [-0.2, -0.15) is 21.6 Å². The van der Waals surface area contributed by atoms with Crippen molar-refractivity contribution in [1.82, 2.24) is 5.32 Å². The van der Waals surface area contributed by atoms with Gasteiger partial charge in [-0.15, -0.1) is 0 Å². The Labute approximate surface area is 136 Å². The Morgan fingerprint density at radius 2 is 1.96 bits per heavy atom. The van der Waals surface area contributed by atoms with E-state index in [4.69, 9.17) is 9.47 Å². The Bertz CT molecular complexity index is 758. The van der Waals surface area contributed by atoms with E-state index in [2.05, 4.69) is 9.50 Å². The van der Waals surface area contributed by atoms with E-state index in [-0.39, 0.29) is 24.3 Å². The van der Waals surface area contributed by atoms with Crippen LogP contribution in [0.1, 0.15) is 12.0 Å². The highest BCUT2D eigenvalue weighted by Gasteiger charge is 2.51. The van der Waals surface area contributed by atoms with Gasteiger partial charge in [0.05, 0.1) is 13.2 Å². The van der Waals surface area contributed by atoms with Crippen LogP contribution in [0.5, 0.6) is 5.75 Å². The van der Waals surface area contributed by atoms with Crippen molar-refractivity contribution in [3.05, 3.63) is 41.5 Å². The van der Waals surface area contributed by atoms with Gasteiger partial charge in [0.15, 0.2) is 5.76 Å². The van der Waals surface area contributed by atoms with Crippen LogP contribution in [0.3, 0.4) is 0 Å². The largest absolute Gasteiger partial charge is 0.534 e. The third-order valence-electron chi connectivity index (χ3n) is 3.79. The number of methoxy groups -OCH3 is 1. The maximum Gasteiger partial charge on any atom is 0.534 e. The van der Waals surface area contributed by atoms with Crippen molar-refractivity contribution in [3.8, 4) is 5.75 Å². The third kappa shape index (κ3) is 3.10. The van der Waals surface area contributed by atoms with Crippen LogP contribution in [-0.4, -0.2) is 33.2 Å². The topological polar surface area (TPSA) is 73.9 Å². The first-order valence-electron chi connectivity index (χ1n) is 6.99. The highest BCUT2D eigenvalue weighted by molar-refractivity contribution is 7.87. The molecule has 1 N–H and O–H groups in total. The number of hydrogen-bond donors (Lipinski definition) is 1. The fourth-order valence-corrected chi connectivity index (χ4v) is 3.04. The molecule has 0 saturated carbocycles. The number of hydrogen-bond acceptors (Lipinski definition) is 6. The molecular formula is C14H14F3NO5S. The molecule has 0 radical (unpaired) electrons. The Kier molecular flexibility index (Phi) is 4.02. The van der Waals surface area contributed by atoms with Gasteiger partial charge < -0.3 is 19.0 Å². The molecule has 132 valence electrons. The minimum Gasteiger partial charge on any atom is -0.497 e. The molecule has 2 aliphatic rings. The molecule has 0 amide bonds. The molecule has 2 unspecified atom stereocenters. The molecule has 0 aliphatic carbocycles. The predicted octanol–water partition coefficient (Wildman–Crippen LogP) is 2.03. The van der Waals surface area contributed by atoms with Crippen LogP contribution < -0.4 is 10.1 Å². The quantitative estimate of drug-likeness (QED) is 0.636. The van der Waals surface area contributed by atoms with Gasteiger partial charge in [0, 0.05) is 12.8 Å². The minimum atomic E-state index is -5.70. The van der Waals surface area contributed by atoms with Gasteiger partial charge in [-0.3, -0.25) is 0 Å². The van der Waals surface area contributed by atoms with Crippen LogP contribution in [-0.2, 0) is 25.5 Å². The molecule has 6 nitrogen and oxygen atoms in total. The van der Waals surface area contributed by atoms with E-state index in [0.717, 1.165) is 5.56 Å². The van der Waals surface area contributed by atoms with Gasteiger partial charge in [-0.25, -0.2) is 0 Å². The Hall–Kier alpha value is -2.10. The maximum atomic E-state index is 12.3. The summed E-state index contributed by atoms with van der Waals surface area (Å²) in [5, 5.41) is 2.64. The third-order valence-corrected chi connectivity index (χ3v) is 4.74. The number of nitrogens with one attached hydrogen (secondary N) is 1. The molecule has 1 fully saturated rings. The molecule has 10 heteroatoms. The SMILES string of the molecule is COc1ccc(CC2OC3=C(OS(=O)(=O)C(F)(F)F)NC2C3)cc1. The molecule has 2 heterocycles. The van der Waals surface area contributed by atoms with Crippen LogP contribution in [0.4, 0.5) is 13.2 Å². The van der Waals surface area contributed by atoms with Crippen molar-refractivity contribution in [2.75, 3.05) is 7.11 Å². The Morgan fingerprint density at radius 3 is 2.46 bits per heavy atom. The average Bonchev–Trinajstić information content (AvgIpc) is 3.06. The van der Waals surface area contributed by atoms with Gasteiger partial charge in [-0.1, -0.05) is 12.1 Å². The van der Waals surface area contributed by atoms with Crippen LogP contribution >= 0.6 is 0 Å². The zero-order valence-electron chi connectivity index (χ0n) is 12.5. The summed E-state index contributed by atoms with van der Waals surface area (Å²) in [6.07, 6.45) is 0.489. The van der Waals surface area contributed by atoms with Crippen molar-refractivity contribution in [1.29, 1.82) is 0 Å². The second kappa shape index (κ2) is 5.76. The van der Waals surface area contributed by atoms with Crippen LogP contribution in [0, 0.1) is 0 Å². The summed E-state index contributed by atoms with van der Waals surface area (Å²) >= 11 is 0. The van der Waals surface area contributed by atoms with Crippen LogP contribution in [0.15, 0.2) is 35.9 Å². The lowest BCUT2D eigenvalue weighted by atomic mass is 10.0. The van der Waals surface area contributed by atoms with Gasteiger partial charge in [-0.05, 0) is 17.7 Å². The van der Waals surface area contributed by atoms with Crippen molar-refractivity contribution >= 4 is 10.1 Å². The molecule has 0 aromatic heterocycles. The molecule has 1 aromatic carbocycles. The van der Waals surface area contributed by atoms with E-state index in [1.54, 1.807) is 19.2 Å². The van der Waals surface area contributed by atoms with Crippen molar-refractivity contribution in [3.63, 3.8) is 0 Å². The van der Waals surface area contributed by atoms with Crippen molar-refractivity contribution in [2.24, 2.45) is 0 Å². The maximum absolute atomic E-state index is 12.3. The normalized spacial score (nSPS) is 23.0. The molecular weight excluding hydrogens is 351 g/mol. The number of halogens is 3. The summed E-state index contributed by atoms with van der Waals surface area (Å²) in [7, 11) is -4.15. The first-order valence-corrected chi connectivity index (χ1v) is 8.40. The molecule has 24 heavy (non-hydrogen) atoms. The molecule has 1 saturated heterocycles. The standard InChI is InChI=1S/C14H14F3NO5S/c1-21-9-4-2-8(3-5-9)6-11-10-7-12(22-11)13(18-10)23-24(19,20)14(15,16)17/h2-5,10-11,18H,6-7H2,1H3. The highest BCUT2D eigenvalue weighted by Crippen LogP contribution is 2.37. The molecule has 2 atom stereocenters. The van der Waals surface area contributed by atoms with E-state index in [1.165, 1.54) is 0 Å². The number of ether oxygens (including phenoxy) is 2. The Morgan fingerprint density at radius 1 is 1.29 bits per heavy atom. The first-order chi connectivity index (χ1) is 11.2. The van der Waals surface area contributed by atoms with Crippen LogP contribution in [0.25, 0.3) is 0 Å². The summed E-state index contributed by atoms with van der Waals surface area (Å²) in [6.45, 7) is 0. The average molecular weight is 365 g/mol. The van der Waals surface area contributed by atoms with E-state index in [1.807, 2.05) is 12.1 Å². The fourth-order valence-electron chi connectivity index (χ4n) is 2.59. The lowest BCUT2D eigenvalue weighted by Gasteiger charge is -2.24. The van der Waals surface area contributed by atoms with Crippen LogP contribution in [0.2, 0.25) is 0 Å². The van der Waals surface area contributed by atoms with Crippen molar-refractivity contribution in [2.45, 2.75) is 30.5 Å². The van der Waals surface area contributed by atoms with E-state index in [9.17, 15) is 21.6 Å². The van der Waals surface area contributed by atoms with Gasteiger partial charge in [0.25, 0.3) is 0 Å². The number of rotatable bonds is 5. The lowest BCUT2D eigenvalue weighted by molar-refractivity contribution is -0.0532. The Balaban J connectivity index is 1.66. The fraction of sp³-hybridized carbons (Fsp3) is 0.429. The van der Waals surface area contributed by atoms with E-state index >= 15 is 0 Å². The molecule has 1 aromatic rings. The monoisotopic (exact) mass is 365 g/mol. The minimum absolute atomic E-state index is 0.0892. The number of benzene rings is 1. The summed E-state index contributed by atoms with van der Waals surface area (Å²) in [6, 6.07) is 6.96. The number of fused-ring (bicyclic) bond motifs is 2. The van der Waals surface area contributed by atoms with E-state index < -0.39 is 21.5 Å². The zero-order chi connectivity index (χ0) is 17.5. The van der Waals surface area contributed by atoms with Gasteiger partial charge in [0.2, 0.25) is 5.88 Å². The van der Waals surface area contributed by atoms with Crippen molar-refractivity contribution < 1.29 is 35.2 Å². The zero-order valence-corrected chi connectivity index (χ0v) is 13.3. The molecule has 2 bridgehead atoms. The second-order valence-corrected chi connectivity index (χ2v) is 6.94. The summed E-state index contributed by atoms with van der Waals surface area (Å²) in [5.74, 6) is 0.316. The predicted molar refractivity (Wildman–Crippen MR) is 76.2 cm³/mol. The summed E-state index contributed by atoms with van der Waals surface area (Å²) in [4.78, 5) is 0. The van der Waals surface area contributed by atoms with Gasteiger partial charge >= 0.3 is 15.6 Å². The molecule has 0 spiro atoms. The summed E-state index contributed by atoms with van der Waals surface area (Å²) < 4.78 is 73.8. The number of alkyl halides is 3. The second-order valence-electron chi connectivity index (χ2n) is 5.40. The first kappa shape index (κ1) is 16.7. The smallest absolute Gasteiger partial charge is 0.497 e. The van der Waals surface area contributed by atoms with Gasteiger partial charge in [0.1, 0.15) is 11.9 Å². The lowest BCUT2D eigenvalue weighted by Crippen LogP contribution is -2.39. The summed E-state index contributed by atoms with van der Waals surface area (Å²) in [5.41, 5.74) is -4.52. The van der Waals surface area contributed by atoms with E-state index in [0.29, 0.717) is 12.2 Å².